The Bertz CT molecular complexity index is 378. The van der Waals surface area contributed by atoms with Crippen LogP contribution < -0.4 is 11.1 Å². The van der Waals surface area contributed by atoms with Crippen molar-refractivity contribution in [3.63, 3.8) is 0 Å². The van der Waals surface area contributed by atoms with Crippen LogP contribution in [0.25, 0.3) is 0 Å². The van der Waals surface area contributed by atoms with Crippen LogP contribution in [-0.2, 0) is 6.54 Å². The van der Waals surface area contributed by atoms with Crippen molar-refractivity contribution in [2.75, 3.05) is 12.8 Å². The second-order valence-corrected chi connectivity index (χ2v) is 5.52. The maximum atomic E-state index is 11.9. The van der Waals surface area contributed by atoms with Crippen LogP contribution in [0.5, 0.6) is 0 Å². The zero-order chi connectivity index (χ0) is 13.6. The molecule has 0 aromatic carbocycles. The lowest BCUT2D eigenvalue weighted by atomic mass is 10.0. The Kier molecular flexibility index (Phi) is 5.75. The largest absolute Gasteiger partial charge is 0.455 e. The van der Waals surface area contributed by atoms with E-state index >= 15 is 0 Å². The first kappa shape index (κ1) is 15.1. The number of hydrogen-bond donors (Lipinski definition) is 2. The van der Waals surface area contributed by atoms with Gasteiger partial charge in [-0.05, 0) is 31.2 Å². The van der Waals surface area contributed by atoms with Gasteiger partial charge in [-0.25, -0.2) is 0 Å². The van der Waals surface area contributed by atoms with E-state index in [1.54, 1.807) is 23.9 Å². The first-order valence-electron chi connectivity index (χ1n) is 6.23. The third-order valence-corrected chi connectivity index (χ3v) is 4.97. The average Bonchev–Trinajstić information content (AvgIpc) is 2.89. The van der Waals surface area contributed by atoms with Crippen molar-refractivity contribution >= 4 is 17.7 Å². The Hall–Kier alpha value is -0.940. The molecule has 1 aromatic heterocycles. The van der Waals surface area contributed by atoms with Crippen molar-refractivity contribution in [3.05, 3.63) is 23.7 Å². The average molecular weight is 270 g/mol. The molecule has 0 saturated heterocycles. The topological polar surface area (TPSA) is 68.3 Å². The first-order chi connectivity index (χ1) is 8.60. The van der Waals surface area contributed by atoms with Gasteiger partial charge in [0.05, 0.1) is 6.54 Å². The highest BCUT2D eigenvalue weighted by atomic mass is 32.2. The van der Waals surface area contributed by atoms with E-state index in [0.29, 0.717) is 24.6 Å². The number of rotatable bonds is 7. The molecule has 1 heterocycles. The minimum absolute atomic E-state index is 0.110. The van der Waals surface area contributed by atoms with Crippen molar-refractivity contribution < 1.29 is 9.21 Å². The van der Waals surface area contributed by atoms with Crippen LogP contribution in [0.15, 0.2) is 16.5 Å². The second kappa shape index (κ2) is 6.85. The molecule has 0 fully saturated rings. The lowest BCUT2D eigenvalue weighted by Gasteiger charge is -2.29. The number of thioether (sulfide) groups is 1. The fraction of sp³-hybridized carbons (Fsp3) is 0.615. The molecule has 0 bridgehead atoms. The molecule has 5 heteroatoms. The van der Waals surface area contributed by atoms with Crippen LogP contribution in [0, 0.1) is 0 Å². The van der Waals surface area contributed by atoms with E-state index in [1.807, 2.05) is 0 Å². The summed E-state index contributed by atoms with van der Waals surface area (Å²) in [5, 5.41) is 2.94. The van der Waals surface area contributed by atoms with Gasteiger partial charge in [-0.1, -0.05) is 13.8 Å². The molecule has 0 unspecified atom stereocenters. The number of hydrogen-bond acceptors (Lipinski definition) is 4. The molecule has 1 rings (SSSR count). The molecule has 1 amide bonds. The number of amides is 1. The smallest absolute Gasteiger partial charge is 0.287 e. The second-order valence-electron chi connectivity index (χ2n) is 4.25. The van der Waals surface area contributed by atoms with Crippen LogP contribution >= 0.6 is 11.8 Å². The van der Waals surface area contributed by atoms with Crippen molar-refractivity contribution in [1.29, 1.82) is 0 Å². The maximum Gasteiger partial charge on any atom is 0.287 e. The van der Waals surface area contributed by atoms with Gasteiger partial charge in [0.1, 0.15) is 5.76 Å². The van der Waals surface area contributed by atoms with Gasteiger partial charge in [0, 0.05) is 11.3 Å². The summed E-state index contributed by atoms with van der Waals surface area (Å²) >= 11 is 1.80. The molecule has 0 spiro atoms. The quantitative estimate of drug-likeness (QED) is 0.798. The molecule has 102 valence electrons. The van der Waals surface area contributed by atoms with E-state index in [0.717, 1.165) is 12.8 Å². The molecule has 18 heavy (non-hydrogen) atoms. The molecule has 0 saturated carbocycles. The minimum atomic E-state index is -0.171. The van der Waals surface area contributed by atoms with Gasteiger partial charge >= 0.3 is 0 Å². The Morgan fingerprint density at radius 3 is 2.56 bits per heavy atom. The van der Waals surface area contributed by atoms with Crippen molar-refractivity contribution in [2.24, 2.45) is 5.73 Å². The van der Waals surface area contributed by atoms with Crippen LogP contribution in [0.2, 0.25) is 0 Å². The summed E-state index contributed by atoms with van der Waals surface area (Å²) in [5.41, 5.74) is 5.44. The standard InChI is InChI=1S/C13H22N2O2S/c1-4-13(5-2,18-3)9-15-12(16)11-7-6-10(8-14)17-11/h6-7H,4-5,8-9,14H2,1-3H3,(H,15,16). The van der Waals surface area contributed by atoms with Crippen molar-refractivity contribution in [3.8, 4) is 0 Å². The van der Waals surface area contributed by atoms with Crippen molar-refractivity contribution in [2.45, 2.75) is 38.0 Å². The number of nitrogens with two attached hydrogens (primary N) is 1. The molecular formula is C13H22N2O2S. The summed E-state index contributed by atoms with van der Waals surface area (Å²) in [5.74, 6) is 0.787. The van der Waals surface area contributed by atoms with Gasteiger partial charge in [0.15, 0.2) is 5.76 Å². The molecule has 3 N–H and O–H groups in total. The Morgan fingerprint density at radius 2 is 2.11 bits per heavy atom. The molecule has 0 atom stereocenters. The van der Waals surface area contributed by atoms with Crippen LogP contribution in [-0.4, -0.2) is 23.5 Å². The predicted molar refractivity (Wildman–Crippen MR) is 75.8 cm³/mol. The summed E-state index contributed by atoms with van der Waals surface area (Å²) in [6.07, 6.45) is 4.13. The van der Waals surface area contributed by atoms with Gasteiger partial charge in [-0.2, -0.15) is 11.8 Å². The zero-order valence-corrected chi connectivity index (χ0v) is 12.1. The fourth-order valence-corrected chi connectivity index (χ4v) is 2.59. The summed E-state index contributed by atoms with van der Waals surface area (Å²) < 4.78 is 5.43. The van der Waals surface area contributed by atoms with Gasteiger partial charge in [-0.3, -0.25) is 4.79 Å². The summed E-state index contributed by atoms with van der Waals surface area (Å²) in [4.78, 5) is 11.9. The highest BCUT2D eigenvalue weighted by molar-refractivity contribution is 8.00. The maximum absolute atomic E-state index is 11.9. The SMILES string of the molecule is CCC(CC)(CNC(=O)c1ccc(CN)o1)SC. The van der Waals surface area contributed by atoms with E-state index in [1.165, 1.54) is 0 Å². The van der Waals surface area contributed by atoms with Crippen LogP contribution in [0.3, 0.4) is 0 Å². The van der Waals surface area contributed by atoms with Gasteiger partial charge in [-0.15, -0.1) is 0 Å². The molecule has 0 radical (unpaired) electrons. The number of furan rings is 1. The Balaban J connectivity index is 2.59. The lowest BCUT2D eigenvalue weighted by Crippen LogP contribution is -2.39. The Labute approximate surface area is 113 Å². The molecule has 0 aliphatic rings. The van der Waals surface area contributed by atoms with E-state index in [-0.39, 0.29) is 10.7 Å². The van der Waals surface area contributed by atoms with E-state index in [2.05, 4.69) is 25.4 Å². The number of nitrogens with one attached hydrogen (secondary N) is 1. The van der Waals surface area contributed by atoms with Crippen molar-refractivity contribution in [1.82, 2.24) is 5.32 Å². The highest BCUT2D eigenvalue weighted by Crippen LogP contribution is 2.29. The minimum Gasteiger partial charge on any atom is -0.455 e. The van der Waals surface area contributed by atoms with E-state index < -0.39 is 0 Å². The normalized spacial score (nSPS) is 11.6. The zero-order valence-electron chi connectivity index (χ0n) is 11.3. The predicted octanol–water partition coefficient (Wildman–Crippen LogP) is 2.39. The summed E-state index contributed by atoms with van der Waals surface area (Å²) in [7, 11) is 0. The molecule has 0 aliphatic carbocycles. The monoisotopic (exact) mass is 270 g/mol. The van der Waals surface area contributed by atoms with Crippen LogP contribution in [0.4, 0.5) is 0 Å². The molecule has 0 aliphatic heterocycles. The summed E-state index contributed by atoms with van der Waals surface area (Å²) in [6, 6.07) is 3.40. The summed E-state index contributed by atoms with van der Waals surface area (Å²) in [6.45, 7) is 5.25. The van der Waals surface area contributed by atoms with Gasteiger partial charge in [0.25, 0.3) is 5.91 Å². The van der Waals surface area contributed by atoms with Gasteiger partial charge in [0.2, 0.25) is 0 Å². The fourth-order valence-electron chi connectivity index (χ4n) is 1.80. The first-order valence-corrected chi connectivity index (χ1v) is 7.45. The lowest BCUT2D eigenvalue weighted by molar-refractivity contribution is 0.0919. The number of carbonyl (C=O) groups excluding carboxylic acids is 1. The molecular weight excluding hydrogens is 248 g/mol. The third kappa shape index (κ3) is 3.53. The highest BCUT2D eigenvalue weighted by Gasteiger charge is 2.26. The molecule has 1 aromatic rings. The van der Waals surface area contributed by atoms with Crippen LogP contribution in [0.1, 0.15) is 43.0 Å². The Morgan fingerprint density at radius 1 is 1.44 bits per heavy atom. The number of carbonyl (C=O) groups is 1. The van der Waals surface area contributed by atoms with E-state index in [9.17, 15) is 4.79 Å². The van der Waals surface area contributed by atoms with E-state index in [4.69, 9.17) is 10.2 Å². The third-order valence-electron chi connectivity index (χ3n) is 3.38. The molecule has 4 nitrogen and oxygen atoms in total. The van der Waals surface area contributed by atoms with Gasteiger partial charge < -0.3 is 15.5 Å².